The summed E-state index contributed by atoms with van der Waals surface area (Å²) in [5.74, 6) is 0.731. The summed E-state index contributed by atoms with van der Waals surface area (Å²) in [6.45, 7) is 7.23. The van der Waals surface area contributed by atoms with Crippen molar-refractivity contribution in [2.45, 2.75) is 40.0 Å². The van der Waals surface area contributed by atoms with Crippen molar-refractivity contribution in [3.8, 4) is 11.8 Å². The van der Waals surface area contributed by atoms with Crippen LogP contribution in [-0.2, 0) is 0 Å². The second-order valence-corrected chi connectivity index (χ2v) is 3.60. The molecule has 1 rings (SSSR count). The minimum atomic E-state index is -2.51. The van der Waals surface area contributed by atoms with E-state index in [-0.39, 0.29) is 11.8 Å². The minimum absolute atomic E-state index is 0.158. The molecule has 0 spiro atoms. The molecule has 0 saturated heterocycles. The topological polar surface area (TPSA) is 31.4 Å². The summed E-state index contributed by atoms with van der Waals surface area (Å²) in [6.07, 6.45) is -2.51. The van der Waals surface area contributed by atoms with Crippen LogP contribution in [0.2, 0.25) is 0 Å². The molecule has 0 aliphatic rings. The van der Waals surface area contributed by atoms with Crippen LogP contribution in [0.15, 0.2) is 12.1 Å². The highest BCUT2D eigenvalue weighted by Crippen LogP contribution is 2.27. The third-order valence-electron chi connectivity index (χ3n) is 2.04. The largest absolute Gasteiger partial charge is 0.481 e. The fraction of sp³-hybridized carbons (Fsp3) is 0.615. The van der Waals surface area contributed by atoms with Gasteiger partial charge in [0, 0.05) is 11.6 Å². The van der Waals surface area contributed by atoms with Gasteiger partial charge in [-0.3, -0.25) is 0 Å². The molecule has 0 unspecified atom stereocenters. The van der Waals surface area contributed by atoms with Gasteiger partial charge in [0.15, 0.2) is 6.61 Å². The first-order chi connectivity index (χ1) is 8.54. The van der Waals surface area contributed by atoms with Crippen molar-refractivity contribution in [3.05, 3.63) is 17.7 Å². The summed E-state index contributed by atoms with van der Waals surface area (Å²) in [5.41, 5.74) is 0.793. The molecule has 3 nitrogen and oxygen atoms in total. The predicted molar refractivity (Wildman–Crippen MR) is 67.7 cm³/mol. The number of hydrogen-bond acceptors (Lipinski definition) is 3. The van der Waals surface area contributed by atoms with Crippen LogP contribution in [0.3, 0.4) is 0 Å². The van der Waals surface area contributed by atoms with Crippen molar-refractivity contribution in [2.24, 2.45) is 0 Å². The number of pyridine rings is 1. The first-order valence-corrected chi connectivity index (χ1v) is 6.00. The average molecular weight is 261 g/mol. The summed E-state index contributed by atoms with van der Waals surface area (Å²) in [4.78, 5) is 4.01. The lowest BCUT2D eigenvalue weighted by atomic mass is 10.1. The average Bonchev–Trinajstić information content (AvgIpc) is 2.38. The maximum absolute atomic E-state index is 12.1. The van der Waals surface area contributed by atoms with E-state index in [1.165, 1.54) is 7.11 Å². The number of halogens is 2. The van der Waals surface area contributed by atoms with Gasteiger partial charge < -0.3 is 9.47 Å². The van der Waals surface area contributed by atoms with Crippen molar-refractivity contribution in [3.63, 3.8) is 0 Å². The van der Waals surface area contributed by atoms with Crippen LogP contribution in [0.1, 0.15) is 39.2 Å². The second kappa shape index (κ2) is 8.66. The van der Waals surface area contributed by atoms with E-state index in [1.54, 1.807) is 12.1 Å². The van der Waals surface area contributed by atoms with Crippen LogP contribution >= 0.6 is 0 Å². The van der Waals surface area contributed by atoms with Gasteiger partial charge in [-0.2, -0.15) is 4.98 Å². The Morgan fingerprint density at radius 1 is 1.22 bits per heavy atom. The van der Waals surface area contributed by atoms with Gasteiger partial charge in [0.2, 0.25) is 11.8 Å². The standard InChI is InChI=1S/C11H15F2NO2.C2H6/c1-7(2)8-4-5-10(15-3)14-11(8)16-6-9(12)13;1-2/h4-5,7,9H,6H2,1-3H3;1-2H3. The third kappa shape index (κ3) is 5.29. The van der Waals surface area contributed by atoms with Crippen molar-refractivity contribution >= 4 is 0 Å². The summed E-state index contributed by atoms with van der Waals surface area (Å²) in [6, 6.07) is 3.46. The second-order valence-electron chi connectivity index (χ2n) is 3.60. The van der Waals surface area contributed by atoms with E-state index in [0.29, 0.717) is 5.88 Å². The van der Waals surface area contributed by atoms with E-state index in [9.17, 15) is 8.78 Å². The summed E-state index contributed by atoms with van der Waals surface area (Å²) in [5, 5.41) is 0. The summed E-state index contributed by atoms with van der Waals surface area (Å²) >= 11 is 0. The zero-order chi connectivity index (χ0) is 14.1. The monoisotopic (exact) mass is 261 g/mol. The first-order valence-electron chi connectivity index (χ1n) is 6.00. The Hall–Kier alpha value is -1.39. The number of hydrogen-bond donors (Lipinski definition) is 0. The maximum atomic E-state index is 12.1. The maximum Gasteiger partial charge on any atom is 0.272 e. The van der Waals surface area contributed by atoms with E-state index in [4.69, 9.17) is 9.47 Å². The van der Waals surface area contributed by atoms with Gasteiger partial charge in [0.1, 0.15) is 0 Å². The van der Waals surface area contributed by atoms with Crippen LogP contribution in [-0.4, -0.2) is 25.1 Å². The van der Waals surface area contributed by atoms with Gasteiger partial charge in [-0.05, 0) is 12.0 Å². The number of ether oxygens (including phenoxy) is 2. The molecular weight excluding hydrogens is 240 g/mol. The fourth-order valence-electron chi connectivity index (χ4n) is 1.24. The predicted octanol–water partition coefficient (Wildman–Crippen LogP) is 3.88. The van der Waals surface area contributed by atoms with Gasteiger partial charge in [-0.15, -0.1) is 0 Å². The molecule has 0 aliphatic carbocycles. The van der Waals surface area contributed by atoms with E-state index in [1.807, 2.05) is 27.7 Å². The van der Waals surface area contributed by atoms with E-state index in [0.717, 1.165) is 5.56 Å². The van der Waals surface area contributed by atoms with E-state index in [2.05, 4.69) is 4.98 Å². The molecule has 0 saturated carbocycles. The lowest BCUT2D eigenvalue weighted by Crippen LogP contribution is -2.10. The minimum Gasteiger partial charge on any atom is -0.481 e. The van der Waals surface area contributed by atoms with Gasteiger partial charge in [-0.1, -0.05) is 27.7 Å². The SMILES string of the molecule is CC.COc1ccc(C(C)C)c(OCC(F)F)n1. The van der Waals surface area contributed by atoms with Gasteiger partial charge in [-0.25, -0.2) is 8.78 Å². The normalized spacial score (nSPS) is 10.1. The Morgan fingerprint density at radius 2 is 1.83 bits per heavy atom. The first kappa shape index (κ1) is 16.6. The van der Waals surface area contributed by atoms with Gasteiger partial charge >= 0.3 is 0 Å². The molecule has 1 heterocycles. The number of rotatable bonds is 5. The smallest absolute Gasteiger partial charge is 0.272 e. The Labute approximate surface area is 107 Å². The molecule has 0 aliphatic heterocycles. The molecule has 0 bridgehead atoms. The lowest BCUT2D eigenvalue weighted by molar-refractivity contribution is 0.0785. The molecular formula is C13H21F2NO2. The highest BCUT2D eigenvalue weighted by atomic mass is 19.3. The fourth-order valence-corrected chi connectivity index (χ4v) is 1.24. The van der Waals surface area contributed by atoms with Crippen molar-refractivity contribution in [1.82, 2.24) is 4.98 Å². The zero-order valence-corrected chi connectivity index (χ0v) is 11.5. The van der Waals surface area contributed by atoms with Gasteiger partial charge in [0.25, 0.3) is 6.43 Å². The number of methoxy groups -OCH3 is 1. The van der Waals surface area contributed by atoms with Crippen LogP contribution in [0, 0.1) is 0 Å². The highest BCUT2D eigenvalue weighted by Gasteiger charge is 2.13. The molecule has 0 amide bonds. The Kier molecular flexibility index (Phi) is 8.00. The molecule has 104 valence electrons. The van der Waals surface area contributed by atoms with Crippen molar-refractivity contribution in [1.29, 1.82) is 0 Å². The molecule has 18 heavy (non-hydrogen) atoms. The summed E-state index contributed by atoms with van der Waals surface area (Å²) in [7, 11) is 1.47. The van der Waals surface area contributed by atoms with E-state index >= 15 is 0 Å². The van der Waals surface area contributed by atoms with Crippen LogP contribution in [0.5, 0.6) is 11.8 Å². The Balaban J connectivity index is 0.00000137. The summed E-state index contributed by atoms with van der Waals surface area (Å²) < 4.78 is 34.0. The molecule has 0 fully saturated rings. The molecule has 0 radical (unpaired) electrons. The molecule has 0 aromatic carbocycles. The van der Waals surface area contributed by atoms with Crippen molar-refractivity contribution in [2.75, 3.05) is 13.7 Å². The lowest BCUT2D eigenvalue weighted by Gasteiger charge is -2.13. The number of nitrogens with zero attached hydrogens (tertiary/aromatic N) is 1. The molecule has 1 aromatic heterocycles. The Morgan fingerprint density at radius 3 is 2.28 bits per heavy atom. The zero-order valence-electron chi connectivity index (χ0n) is 11.5. The van der Waals surface area contributed by atoms with Crippen LogP contribution in [0.4, 0.5) is 8.78 Å². The highest BCUT2D eigenvalue weighted by molar-refractivity contribution is 5.33. The number of alkyl halides is 2. The molecule has 5 heteroatoms. The van der Waals surface area contributed by atoms with Gasteiger partial charge in [0.05, 0.1) is 7.11 Å². The van der Waals surface area contributed by atoms with Crippen molar-refractivity contribution < 1.29 is 18.3 Å². The molecule has 1 aromatic rings. The molecule has 0 N–H and O–H groups in total. The Bertz CT molecular complexity index is 344. The molecule has 0 atom stereocenters. The quantitative estimate of drug-likeness (QED) is 0.806. The van der Waals surface area contributed by atoms with Crippen LogP contribution < -0.4 is 9.47 Å². The van der Waals surface area contributed by atoms with Crippen LogP contribution in [0.25, 0.3) is 0 Å². The van der Waals surface area contributed by atoms with E-state index < -0.39 is 13.0 Å². The number of aromatic nitrogens is 1. The third-order valence-corrected chi connectivity index (χ3v) is 2.04.